The number of carbonyl (C=O) groups excluding carboxylic acids is 1. The number of rotatable bonds is 16. The van der Waals surface area contributed by atoms with E-state index >= 15 is 0 Å². The molecule has 4 saturated carbocycles. The van der Waals surface area contributed by atoms with E-state index in [1.807, 2.05) is 13.8 Å². The first-order chi connectivity index (χ1) is 35.2. The minimum absolute atomic E-state index is 0.0229. The number of hydrogen-bond acceptors (Lipinski definition) is 22. The van der Waals surface area contributed by atoms with Crippen molar-refractivity contribution >= 4 is 6.29 Å². The van der Waals surface area contributed by atoms with Gasteiger partial charge in [-0.3, -0.25) is 0 Å². The van der Waals surface area contributed by atoms with Crippen molar-refractivity contribution in [1.29, 1.82) is 0 Å². The Morgan fingerprint density at radius 3 is 1.81 bits per heavy atom. The highest BCUT2D eigenvalue weighted by Crippen LogP contribution is 2.76. The van der Waals surface area contributed by atoms with Gasteiger partial charge in [0.1, 0.15) is 91.7 Å². The van der Waals surface area contributed by atoms with Gasteiger partial charge in [0.15, 0.2) is 25.2 Å². The number of carbonyl (C=O) groups is 1. The van der Waals surface area contributed by atoms with Gasteiger partial charge in [-0.15, -0.1) is 0 Å². The summed E-state index contributed by atoms with van der Waals surface area (Å²) in [6, 6.07) is 0. The summed E-state index contributed by atoms with van der Waals surface area (Å²) in [6.45, 7) is 12.2. The average Bonchev–Trinajstić information content (AvgIpc) is 3.75. The summed E-state index contributed by atoms with van der Waals surface area (Å²) >= 11 is 0. The van der Waals surface area contributed by atoms with E-state index in [1.54, 1.807) is 0 Å². The van der Waals surface area contributed by atoms with Crippen LogP contribution in [0.15, 0.2) is 11.6 Å². The molecule has 0 unspecified atom stereocenters. The lowest BCUT2D eigenvalue weighted by Gasteiger charge is -2.69. The number of allylic oxidation sites excluding steroid dienone is 2. The van der Waals surface area contributed by atoms with Gasteiger partial charge in [-0.2, -0.15) is 0 Å². The molecule has 4 aliphatic heterocycles. The van der Waals surface area contributed by atoms with Crippen molar-refractivity contribution in [1.82, 2.24) is 0 Å². The van der Waals surface area contributed by atoms with Gasteiger partial charge >= 0.3 is 0 Å². The Labute approximate surface area is 438 Å². The highest BCUT2D eigenvalue weighted by atomic mass is 16.8. The van der Waals surface area contributed by atoms with Crippen molar-refractivity contribution in [2.75, 3.05) is 26.4 Å². The molecule has 13 N–H and O–H groups in total. The zero-order valence-electron chi connectivity index (χ0n) is 44.4. The Balaban J connectivity index is 1.03. The number of aliphatic hydroxyl groups excluding tert-OH is 12. The highest BCUT2D eigenvalue weighted by Gasteiger charge is 2.71. The van der Waals surface area contributed by atoms with Crippen molar-refractivity contribution < 1.29 is 109 Å². The van der Waals surface area contributed by atoms with Gasteiger partial charge in [-0.25, -0.2) is 0 Å². The molecule has 8 rings (SSSR count). The molecule has 432 valence electrons. The van der Waals surface area contributed by atoms with Gasteiger partial charge in [0.05, 0.1) is 44.2 Å². The molecule has 0 spiro atoms. The third-order valence-electron chi connectivity index (χ3n) is 20.3. The molecule has 22 heteroatoms. The summed E-state index contributed by atoms with van der Waals surface area (Å²) in [5, 5.41) is 140. The smallest absolute Gasteiger partial charge is 0.187 e. The van der Waals surface area contributed by atoms with Gasteiger partial charge in [0.25, 0.3) is 0 Å². The molecule has 22 nitrogen and oxygen atoms in total. The first kappa shape index (κ1) is 59.7. The van der Waals surface area contributed by atoms with Crippen molar-refractivity contribution in [2.45, 2.75) is 241 Å². The number of hydrogen-bond donors (Lipinski definition) is 13. The van der Waals surface area contributed by atoms with Gasteiger partial charge in [0.2, 0.25) is 0 Å². The SMILES string of the molecule is CC(C)=CCC[C@@](O)(CO[C@@H]1O[C@H](CO)[C@@H](O)[C@H](O)[C@H]1O)[C@H]1CC[C@]2(C)[C@@H]1CC[C@@H]1[C@@]3(C=O)CC[C@H](O[C@@H]4OC[C@H](O)[C@H](O[C@@H]5O[C@H](CO)[C@@H](O)[C@H](O)[C@H]5O)[C@H]4O[C@@H]4O[C@H](C)[C@@H](O)[C@H](O)[C@@H]4O)C(C)(C)[C@@H]3CC[C@]12C. The molecule has 0 aromatic rings. The van der Waals surface area contributed by atoms with Crippen molar-refractivity contribution in [3.05, 3.63) is 11.6 Å². The lowest BCUT2D eigenvalue weighted by molar-refractivity contribution is -0.388. The summed E-state index contributed by atoms with van der Waals surface area (Å²) in [7, 11) is 0. The summed E-state index contributed by atoms with van der Waals surface area (Å²) in [5.74, 6) is -0.460. The van der Waals surface area contributed by atoms with Crippen molar-refractivity contribution in [3.63, 3.8) is 0 Å². The van der Waals surface area contributed by atoms with Gasteiger partial charge in [-0.1, -0.05) is 39.3 Å². The maximum atomic E-state index is 14.2. The Morgan fingerprint density at radius 2 is 1.20 bits per heavy atom. The minimum Gasteiger partial charge on any atom is -0.394 e. The summed E-state index contributed by atoms with van der Waals surface area (Å²) in [5.41, 5.74) is -2.48. The van der Waals surface area contributed by atoms with Crippen LogP contribution in [-0.2, 0) is 42.7 Å². The van der Waals surface area contributed by atoms with E-state index in [1.165, 1.54) is 13.2 Å². The molecule has 28 atom stereocenters. The van der Waals surface area contributed by atoms with Crippen LogP contribution in [0.3, 0.4) is 0 Å². The summed E-state index contributed by atoms with van der Waals surface area (Å²) in [4.78, 5) is 14.2. The Bertz CT molecular complexity index is 1960. The lowest BCUT2D eigenvalue weighted by Crippen LogP contribution is -2.67. The minimum atomic E-state index is -1.86. The zero-order chi connectivity index (χ0) is 54.9. The van der Waals surface area contributed by atoms with Gasteiger partial charge in [-0.05, 0) is 125 Å². The molecule has 4 heterocycles. The molecule has 0 bridgehead atoms. The fourth-order valence-electron chi connectivity index (χ4n) is 15.7. The van der Waals surface area contributed by atoms with Crippen LogP contribution < -0.4 is 0 Å². The van der Waals surface area contributed by atoms with E-state index in [4.69, 9.17) is 37.9 Å². The monoisotopic (exact) mass is 1080 g/mol. The Morgan fingerprint density at radius 1 is 0.627 bits per heavy atom. The normalized spacial score (nSPS) is 51.7. The first-order valence-electron chi connectivity index (χ1n) is 27.3. The number of fused-ring (bicyclic) bond motifs is 5. The molecule has 0 radical (unpaired) electrons. The highest BCUT2D eigenvalue weighted by molar-refractivity contribution is 5.62. The second-order valence-corrected chi connectivity index (χ2v) is 24.8. The number of ether oxygens (including phenoxy) is 8. The fraction of sp³-hybridized carbons (Fsp3) is 0.943. The second kappa shape index (κ2) is 22.8. The fourth-order valence-corrected chi connectivity index (χ4v) is 15.7. The van der Waals surface area contributed by atoms with Crippen molar-refractivity contribution in [3.8, 4) is 0 Å². The van der Waals surface area contributed by atoms with E-state index in [0.29, 0.717) is 44.9 Å². The van der Waals surface area contributed by atoms with Crippen LogP contribution in [0.5, 0.6) is 0 Å². The van der Waals surface area contributed by atoms with Crippen LogP contribution in [-0.4, -0.2) is 228 Å². The number of aliphatic hydroxyl groups is 13. The van der Waals surface area contributed by atoms with Crippen LogP contribution >= 0.6 is 0 Å². The predicted octanol–water partition coefficient (Wildman–Crippen LogP) is -1.36. The standard InChI is InChI=1S/C53H88O22/c1-24(2)9-8-15-53(67,23-69-45-40(64)38(62)35(59)29(19-54)71-45)27-12-16-50(6)26(27)10-11-32-51(50,7)17-13-31-49(4,5)33(14-18-52(31,32)22-56)73-48-44(75-46-41(65)37(61)34(58)25(3)70-46)43(28(57)21-68-48)74-47-42(66)39(63)36(60)30(20-55)72-47/h9,22,25-48,54-55,57-67H,8,10-21,23H2,1-7H3/t25-,26-,27+,28+,29-,30-,31+,32+,33+,34-,35-,36-,37+,38+,39+,40-,41+,42-,43+,44-,45-,46+,47+,48+,50-,51-,52-,53-/m1/s1. The third-order valence-corrected chi connectivity index (χ3v) is 20.3. The van der Waals surface area contributed by atoms with Crippen LogP contribution in [0.25, 0.3) is 0 Å². The quantitative estimate of drug-likeness (QED) is 0.0483. The molecule has 75 heavy (non-hydrogen) atoms. The Kier molecular flexibility index (Phi) is 18.2. The van der Waals surface area contributed by atoms with Crippen LogP contribution in [0, 0.1) is 45.3 Å². The third kappa shape index (κ3) is 10.5. The maximum Gasteiger partial charge on any atom is 0.187 e. The van der Waals surface area contributed by atoms with Gasteiger partial charge in [0, 0.05) is 5.41 Å². The summed E-state index contributed by atoms with van der Waals surface area (Å²) < 4.78 is 48.9. The van der Waals surface area contributed by atoms with E-state index < -0.39 is 159 Å². The molecule has 8 fully saturated rings. The van der Waals surface area contributed by atoms with Crippen LogP contribution in [0.1, 0.15) is 113 Å². The van der Waals surface area contributed by atoms with E-state index in [0.717, 1.165) is 24.8 Å². The van der Waals surface area contributed by atoms with Crippen molar-refractivity contribution in [2.24, 2.45) is 45.3 Å². The molecule has 4 saturated heterocycles. The van der Waals surface area contributed by atoms with Crippen LogP contribution in [0.4, 0.5) is 0 Å². The van der Waals surface area contributed by atoms with Gasteiger partial charge < -0.3 is 109 Å². The zero-order valence-corrected chi connectivity index (χ0v) is 44.4. The summed E-state index contributed by atoms with van der Waals surface area (Å²) in [6.07, 6.45) is -20.7. The molecule has 0 amide bonds. The van der Waals surface area contributed by atoms with E-state index in [9.17, 15) is 71.2 Å². The molecule has 8 aliphatic rings. The van der Waals surface area contributed by atoms with Crippen LogP contribution in [0.2, 0.25) is 0 Å². The first-order valence-corrected chi connectivity index (χ1v) is 27.3. The molecule has 0 aromatic carbocycles. The largest absolute Gasteiger partial charge is 0.394 e. The molecule has 0 aromatic heterocycles. The Hall–Kier alpha value is -1.43. The van der Waals surface area contributed by atoms with E-state index in [-0.39, 0.29) is 41.1 Å². The molecule has 4 aliphatic carbocycles. The molecular weight excluding hydrogens is 989 g/mol. The number of aldehydes is 1. The van der Waals surface area contributed by atoms with E-state index in [2.05, 4.69) is 33.8 Å². The maximum absolute atomic E-state index is 14.2. The average molecular weight is 1080 g/mol. The topological polar surface area (TPSA) is 354 Å². The lowest BCUT2D eigenvalue weighted by atomic mass is 9.35. The predicted molar refractivity (Wildman–Crippen MR) is 259 cm³/mol. The molecular formula is C53H88O22. The second-order valence-electron chi connectivity index (χ2n) is 24.8.